The van der Waals surface area contributed by atoms with Gasteiger partial charge in [0, 0.05) is 4.47 Å². The zero-order valence-corrected chi connectivity index (χ0v) is 13.8. The number of nitrogens with one attached hydrogen (secondary N) is 2. The van der Waals surface area contributed by atoms with Gasteiger partial charge in [-0.3, -0.25) is 4.79 Å². The molecule has 110 valence electrons. The van der Waals surface area contributed by atoms with Crippen LogP contribution in [0, 0.1) is 5.41 Å². The maximum atomic E-state index is 12.7. The van der Waals surface area contributed by atoms with Gasteiger partial charge in [-0.25, -0.2) is 0 Å². The minimum absolute atomic E-state index is 0.0244. The van der Waals surface area contributed by atoms with E-state index >= 15 is 0 Å². The number of rotatable bonds is 4. The van der Waals surface area contributed by atoms with Gasteiger partial charge in [-0.2, -0.15) is 0 Å². The molecule has 1 heterocycles. The van der Waals surface area contributed by atoms with Gasteiger partial charge >= 0.3 is 0 Å². The van der Waals surface area contributed by atoms with Crippen molar-refractivity contribution < 1.29 is 4.79 Å². The van der Waals surface area contributed by atoms with Crippen molar-refractivity contribution in [2.75, 3.05) is 13.1 Å². The van der Waals surface area contributed by atoms with Gasteiger partial charge in [0.05, 0.1) is 11.5 Å². The average molecular weight is 339 g/mol. The van der Waals surface area contributed by atoms with Crippen molar-refractivity contribution in [3.05, 3.63) is 34.3 Å². The summed E-state index contributed by atoms with van der Waals surface area (Å²) in [5.41, 5.74) is 0.932. The lowest BCUT2D eigenvalue weighted by Gasteiger charge is -2.36. The zero-order chi connectivity index (χ0) is 14.6. The molecule has 20 heavy (non-hydrogen) atoms. The summed E-state index contributed by atoms with van der Waals surface area (Å²) >= 11 is 3.55. The second kappa shape index (κ2) is 6.72. The second-order valence-corrected chi connectivity index (χ2v) is 6.45. The first kappa shape index (κ1) is 15.5. The van der Waals surface area contributed by atoms with Crippen LogP contribution < -0.4 is 10.6 Å². The number of benzene rings is 1. The van der Waals surface area contributed by atoms with Gasteiger partial charge in [0.2, 0.25) is 5.91 Å². The summed E-state index contributed by atoms with van der Waals surface area (Å²) < 4.78 is 1.05. The Bertz CT molecular complexity index is 469. The van der Waals surface area contributed by atoms with E-state index in [1.807, 2.05) is 25.1 Å². The highest BCUT2D eigenvalue weighted by Crippen LogP contribution is 2.34. The Labute approximate surface area is 129 Å². The molecule has 0 aliphatic carbocycles. The number of hydrogen-bond donors (Lipinski definition) is 2. The van der Waals surface area contributed by atoms with Gasteiger partial charge in [-0.1, -0.05) is 41.1 Å². The Hall–Kier alpha value is -0.870. The molecule has 0 spiro atoms. The first-order chi connectivity index (χ1) is 9.59. The Balaban J connectivity index is 2.08. The predicted molar refractivity (Wildman–Crippen MR) is 85.5 cm³/mol. The van der Waals surface area contributed by atoms with Crippen molar-refractivity contribution >= 4 is 21.8 Å². The Morgan fingerprint density at radius 1 is 1.40 bits per heavy atom. The summed E-state index contributed by atoms with van der Waals surface area (Å²) in [6, 6.07) is 8.08. The lowest BCUT2D eigenvalue weighted by atomic mass is 9.75. The van der Waals surface area contributed by atoms with E-state index in [1.165, 1.54) is 0 Å². The summed E-state index contributed by atoms with van der Waals surface area (Å²) in [6.07, 6.45) is 2.76. The highest BCUT2D eigenvalue weighted by atomic mass is 79.9. The molecule has 1 atom stereocenters. The van der Waals surface area contributed by atoms with Gasteiger partial charge in [-0.05, 0) is 50.9 Å². The van der Waals surface area contributed by atoms with Crippen LogP contribution in [0.15, 0.2) is 28.7 Å². The SMILES string of the molecule is CCC1(C(=O)NC(C)c2ccccc2Br)CCNCC1. The first-order valence-electron chi connectivity index (χ1n) is 7.35. The summed E-state index contributed by atoms with van der Waals surface area (Å²) in [5, 5.41) is 6.54. The summed E-state index contributed by atoms with van der Waals surface area (Å²) in [4.78, 5) is 12.7. The third-order valence-corrected chi connectivity index (χ3v) is 5.16. The van der Waals surface area contributed by atoms with E-state index in [1.54, 1.807) is 0 Å². The molecule has 1 aliphatic heterocycles. The molecule has 1 aliphatic rings. The molecule has 2 N–H and O–H groups in total. The fraction of sp³-hybridized carbons (Fsp3) is 0.562. The van der Waals surface area contributed by atoms with Crippen molar-refractivity contribution in [2.24, 2.45) is 5.41 Å². The molecule has 1 saturated heterocycles. The van der Waals surface area contributed by atoms with Crippen molar-refractivity contribution in [1.82, 2.24) is 10.6 Å². The first-order valence-corrected chi connectivity index (χ1v) is 8.14. The van der Waals surface area contributed by atoms with Crippen LogP contribution in [0.2, 0.25) is 0 Å². The van der Waals surface area contributed by atoms with Crippen LogP contribution >= 0.6 is 15.9 Å². The number of hydrogen-bond acceptors (Lipinski definition) is 2. The van der Waals surface area contributed by atoms with Gasteiger partial charge in [0.25, 0.3) is 0 Å². The Morgan fingerprint density at radius 3 is 2.65 bits per heavy atom. The molecule has 2 rings (SSSR count). The van der Waals surface area contributed by atoms with E-state index < -0.39 is 0 Å². The van der Waals surface area contributed by atoms with Crippen molar-refractivity contribution in [2.45, 2.75) is 39.2 Å². The molecular formula is C16H23BrN2O. The van der Waals surface area contributed by atoms with E-state index in [0.717, 1.165) is 42.4 Å². The van der Waals surface area contributed by atoms with E-state index in [0.29, 0.717) is 0 Å². The summed E-state index contributed by atoms with van der Waals surface area (Å²) in [5.74, 6) is 0.199. The minimum Gasteiger partial charge on any atom is -0.349 e. The molecule has 1 fully saturated rings. The van der Waals surface area contributed by atoms with Gasteiger partial charge in [0.1, 0.15) is 0 Å². The average Bonchev–Trinajstić information content (AvgIpc) is 2.48. The van der Waals surface area contributed by atoms with Crippen molar-refractivity contribution in [3.63, 3.8) is 0 Å². The quantitative estimate of drug-likeness (QED) is 0.883. The maximum absolute atomic E-state index is 12.7. The van der Waals surface area contributed by atoms with Crippen LogP contribution in [-0.2, 0) is 4.79 Å². The lowest BCUT2D eigenvalue weighted by molar-refractivity contribution is -0.133. The summed E-state index contributed by atoms with van der Waals surface area (Å²) in [6.45, 7) is 6.03. The molecule has 1 unspecified atom stereocenters. The molecule has 4 heteroatoms. The topological polar surface area (TPSA) is 41.1 Å². The van der Waals surface area contributed by atoms with Crippen molar-refractivity contribution in [3.8, 4) is 0 Å². The second-order valence-electron chi connectivity index (χ2n) is 5.60. The van der Waals surface area contributed by atoms with Crippen molar-refractivity contribution in [1.29, 1.82) is 0 Å². The standard InChI is InChI=1S/C16H23BrN2O/c1-3-16(8-10-18-11-9-16)15(20)19-12(2)13-6-4-5-7-14(13)17/h4-7,12,18H,3,8-11H2,1-2H3,(H,19,20). The zero-order valence-electron chi connectivity index (χ0n) is 12.2. The Morgan fingerprint density at radius 2 is 2.05 bits per heavy atom. The molecule has 1 aromatic carbocycles. The minimum atomic E-state index is -0.194. The van der Waals surface area contributed by atoms with E-state index in [9.17, 15) is 4.79 Å². The predicted octanol–water partition coefficient (Wildman–Crippen LogP) is 3.41. The van der Waals surface area contributed by atoms with E-state index in [4.69, 9.17) is 0 Å². The van der Waals surface area contributed by atoms with Crippen LogP contribution in [0.4, 0.5) is 0 Å². The molecule has 0 saturated carbocycles. The number of amides is 1. The van der Waals surface area contributed by atoms with Gasteiger partial charge in [-0.15, -0.1) is 0 Å². The Kier molecular flexibility index (Phi) is 5.22. The van der Waals surface area contributed by atoms with E-state index in [2.05, 4.69) is 39.6 Å². The molecular weight excluding hydrogens is 316 g/mol. The van der Waals surface area contributed by atoms with Crippen LogP contribution in [0.1, 0.15) is 44.7 Å². The lowest BCUT2D eigenvalue weighted by Crippen LogP contribution is -2.47. The van der Waals surface area contributed by atoms with Crippen LogP contribution in [0.3, 0.4) is 0 Å². The molecule has 0 aromatic heterocycles. The fourth-order valence-electron chi connectivity index (χ4n) is 2.90. The number of piperidine rings is 1. The fourth-order valence-corrected chi connectivity index (χ4v) is 3.53. The molecule has 0 bridgehead atoms. The molecule has 0 radical (unpaired) electrons. The van der Waals surface area contributed by atoms with Crippen LogP contribution in [0.25, 0.3) is 0 Å². The molecule has 3 nitrogen and oxygen atoms in total. The van der Waals surface area contributed by atoms with Crippen LogP contribution in [-0.4, -0.2) is 19.0 Å². The summed E-state index contributed by atoms with van der Waals surface area (Å²) in [7, 11) is 0. The van der Waals surface area contributed by atoms with E-state index in [-0.39, 0.29) is 17.4 Å². The van der Waals surface area contributed by atoms with Gasteiger partial charge in [0.15, 0.2) is 0 Å². The largest absolute Gasteiger partial charge is 0.349 e. The monoisotopic (exact) mass is 338 g/mol. The smallest absolute Gasteiger partial charge is 0.226 e. The number of carbonyl (C=O) groups is 1. The normalized spacial score (nSPS) is 19.4. The third kappa shape index (κ3) is 3.23. The van der Waals surface area contributed by atoms with Crippen LogP contribution in [0.5, 0.6) is 0 Å². The highest BCUT2D eigenvalue weighted by Gasteiger charge is 2.38. The molecule has 1 amide bonds. The van der Waals surface area contributed by atoms with Gasteiger partial charge < -0.3 is 10.6 Å². The number of halogens is 1. The highest BCUT2D eigenvalue weighted by molar-refractivity contribution is 9.10. The third-order valence-electron chi connectivity index (χ3n) is 4.44. The number of carbonyl (C=O) groups excluding carboxylic acids is 1. The maximum Gasteiger partial charge on any atom is 0.226 e. The molecule has 1 aromatic rings.